The molecule has 1 saturated heterocycles. The molecule has 0 aromatic heterocycles. The number of Topliss-reactive ketones (excluding diaryl/α,β-unsaturated/α-hetero) is 1. The van der Waals surface area contributed by atoms with E-state index >= 15 is 4.79 Å². The van der Waals surface area contributed by atoms with E-state index in [2.05, 4.69) is 28.7 Å². The SMILES string of the molecule is C=S(=O)(CC1(NC(=O)N[C@H](C(=O)N2C[C@H]3[C@H](CCC34CC4)[C@H]2C(=O)NC(CC2CCC2)C(=O)C(N)=O)C2(C)CCCCC2)CCCCC1)C(C)(C)C. The minimum atomic E-state index is -2.57. The van der Waals surface area contributed by atoms with Gasteiger partial charge in [-0.15, -0.1) is 0 Å². The van der Waals surface area contributed by atoms with Crippen LogP contribution in [0.5, 0.6) is 0 Å². The van der Waals surface area contributed by atoms with Crippen molar-refractivity contribution in [1.82, 2.24) is 20.9 Å². The van der Waals surface area contributed by atoms with Gasteiger partial charge in [0, 0.05) is 17.0 Å². The molecule has 0 bridgehead atoms. The molecule has 1 aliphatic heterocycles. The van der Waals surface area contributed by atoms with Crippen LogP contribution < -0.4 is 21.7 Å². The van der Waals surface area contributed by atoms with Gasteiger partial charge in [-0.3, -0.25) is 23.4 Å². The topological polar surface area (TPSA) is 168 Å². The molecule has 2 unspecified atom stereocenters. The molecule has 1 heterocycles. The quantitative estimate of drug-likeness (QED) is 0.169. The standard InChI is InChI=1S/C40H65N5O6S/c1-37(2,3)52(5,51)25-40(18-10-7-11-19-40)44-36(50)43-32(38(4)16-8-6-9-17-38)35(49)45-24-28-27(15-20-39(28)21-22-39)30(45)34(48)42-29(31(46)33(41)47)23-26-13-12-14-26/h26-30,32H,5-25H2,1-4H3,(H2,41,47)(H,42,48)(H2,43,44,50)/t27-,28-,29?,30-,32+,52?/m0/s1. The van der Waals surface area contributed by atoms with Crippen LogP contribution in [0.4, 0.5) is 4.79 Å². The van der Waals surface area contributed by atoms with Crippen LogP contribution in [0.3, 0.4) is 0 Å². The van der Waals surface area contributed by atoms with Gasteiger partial charge in [-0.2, -0.15) is 0 Å². The fraction of sp³-hybridized carbons (Fsp3) is 0.850. The normalized spacial score (nSPS) is 29.8. The van der Waals surface area contributed by atoms with Gasteiger partial charge in [0.25, 0.3) is 5.91 Å². The van der Waals surface area contributed by atoms with Crippen LogP contribution in [0.25, 0.3) is 0 Å². The highest BCUT2D eigenvalue weighted by Gasteiger charge is 2.64. The third-order valence-electron chi connectivity index (χ3n) is 14.6. The average molecular weight is 744 g/mol. The molecule has 6 fully saturated rings. The summed E-state index contributed by atoms with van der Waals surface area (Å²) in [6, 6.07) is -3.12. The van der Waals surface area contributed by atoms with Gasteiger partial charge >= 0.3 is 6.03 Å². The number of likely N-dealkylation sites (tertiary alicyclic amines) is 1. The van der Waals surface area contributed by atoms with Gasteiger partial charge in [-0.05, 0) is 123 Å². The minimum Gasteiger partial charge on any atom is -0.363 e. The molecule has 6 aliphatic rings. The number of hydrogen-bond donors (Lipinski definition) is 4. The number of urea groups is 1. The molecule has 52 heavy (non-hydrogen) atoms. The number of carbonyl (C=O) groups is 5. The van der Waals surface area contributed by atoms with Crippen LogP contribution in [-0.2, 0) is 28.7 Å². The highest BCUT2D eigenvalue weighted by atomic mass is 32.2. The van der Waals surface area contributed by atoms with Crippen molar-refractivity contribution in [3.05, 3.63) is 0 Å². The van der Waals surface area contributed by atoms with E-state index in [9.17, 15) is 23.4 Å². The number of hydrogen-bond acceptors (Lipinski definition) is 6. The molecule has 1 spiro atoms. The Morgan fingerprint density at radius 2 is 1.48 bits per heavy atom. The maximum absolute atomic E-state index is 15.2. The molecule has 5 amide bonds. The summed E-state index contributed by atoms with van der Waals surface area (Å²) in [4.78, 5) is 70.6. The molecule has 5 saturated carbocycles. The summed E-state index contributed by atoms with van der Waals surface area (Å²) in [7, 11) is -2.57. The Bertz CT molecular complexity index is 1520. The fourth-order valence-electron chi connectivity index (χ4n) is 10.6. The average Bonchev–Trinajstić information content (AvgIpc) is 3.62. The second-order valence-electron chi connectivity index (χ2n) is 19.1. The Morgan fingerprint density at radius 1 is 0.865 bits per heavy atom. The number of rotatable bonds is 12. The smallest absolute Gasteiger partial charge is 0.315 e. The van der Waals surface area contributed by atoms with E-state index < -0.39 is 67.0 Å². The van der Waals surface area contributed by atoms with E-state index in [0.29, 0.717) is 25.8 Å². The lowest BCUT2D eigenvalue weighted by molar-refractivity contribution is -0.145. The molecule has 292 valence electrons. The fourth-order valence-corrected chi connectivity index (χ4v) is 12.3. The predicted octanol–water partition coefficient (Wildman–Crippen LogP) is 4.59. The summed E-state index contributed by atoms with van der Waals surface area (Å²) in [5, 5.41) is 9.37. The first kappa shape index (κ1) is 39.1. The van der Waals surface area contributed by atoms with E-state index in [1.54, 1.807) is 4.90 Å². The number of ketones is 1. The summed E-state index contributed by atoms with van der Waals surface area (Å²) < 4.78 is 13.4. The van der Waals surface area contributed by atoms with Crippen molar-refractivity contribution in [2.75, 3.05) is 12.3 Å². The molecule has 5 aliphatic carbocycles. The first-order valence-electron chi connectivity index (χ1n) is 20.3. The van der Waals surface area contributed by atoms with Crippen LogP contribution in [0, 0.1) is 28.6 Å². The van der Waals surface area contributed by atoms with Gasteiger partial charge in [0.1, 0.15) is 12.1 Å². The lowest BCUT2D eigenvalue weighted by Crippen LogP contribution is -2.64. The highest BCUT2D eigenvalue weighted by Crippen LogP contribution is 2.66. The molecular weight excluding hydrogens is 679 g/mol. The van der Waals surface area contributed by atoms with E-state index in [1.807, 2.05) is 20.8 Å². The second-order valence-corrected chi connectivity index (χ2v) is 22.2. The Labute approximate surface area is 311 Å². The Kier molecular flexibility index (Phi) is 10.9. The molecule has 6 rings (SSSR count). The summed E-state index contributed by atoms with van der Waals surface area (Å²) in [6.45, 7) is 8.32. The van der Waals surface area contributed by atoms with E-state index in [0.717, 1.165) is 96.3 Å². The van der Waals surface area contributed by atoms with Gasteiger partial charge in [0.15, 0.2) is 0 Å². The lowest BCUT2D eigenvalue weighted by atomic mass is 9.70. The van der Waals surface area contributed by atoms with Crippen molar-refractivity contribution in [2.45, 2.75) is 172 Å². The third-order valence-corrected chi connectivity index (χ3v) is 17.8. The predicted molar refractivity (Wildman–Crippen MR) is 204 cm³/mol. The zero-order valence-electron chi connectivity index (χ0n) is 32.2. The molecule has 0 aromatic rings. The highest BCUT2D eigenvalue weighted by molar-refractivity contribution is 8.01. The summed E-state index contributed by atoms with van der Waals surface area (Å²) in [5.74, 6) is 2.29. The number of fused-ring (bicyclic) bond motifs is 2. The van der Waals surface area contributed by atoms with Crippen molar-refractivity contribution >= 4 is 44.9 Å². The molecule has 12 heteroatoms. The largest absolute Gasteiger partial charge is 0.363 e. The lowest BCUT2D eigenvalue weighted by Gasteiger charge is -2.44. The first-order valence-corrected chi connectivity index (χ1v) is 22.2. The molecule has 11 nitrogen and oxygen atoms in total. The molecule has 0 aromatic carbocycles. The minimum absolute atomic E-state index is 0.0544. The van der Waals surface area contributed by atoms with Crippen LogP contribution in [0.15, 0.2) is 0 Å². The Morgan fingerprint density at radius 3 is 2.02 bits per heavy atom. The molecule has 6 atom stereocenters. The summed E-state index contributed by atoms with van der Waals surface area (Å²) >= 11 is 0. The first-order chi connectivity index (χ1) is 24.4. The number of carbonyl (C=O) groups excluding carboxylic acids is 5. The van der Waals surface area contributed by atoms with Gasteiger partial charge in [0.2, 0.25) is 17.6 Å². The van der Waals surface area contributed by atoms with Crippen molar-refractivity contribution < 1.29 is 28.2 Å². The zero-order valence-corrected chi connectivity index (χ0v) is 33.0. The van der Waals surface area contributed by atoms with Crippen molar-refractivity contribution in [3.63, 3.8) is 0 Å². The van der Waals surface area contributed by atoms with E-state index in [1.165, 1.54) is 0 Å². The van der Waals surface area contributed by atoms with Gasteiger partial charge in [0.05, 0.1) is 11.6 Å². The van der Waals surface area contributed by atoms with Crippen LogP contribution >= 0.6 is 0 Å². The molecule has 5 N–H and O–H groups in total. The van der Waals surface area contributed by atoms with Crippen LogP contribution in [0.1, 0.15) is 143 Å². The second kappa shape index (κ2) is 14.5. The van der Waals surface area contributed by atoms with Crippen molar-refractivity contribution in [2.24, 2.45) is 34.3 Å². The number of nitrogens with two attached hydrogens (primary N) is 1. The summed E-state index contributed by atoms with van der Waals surface area (Å²) in [5.41, 5.74) is 4.38. The van der Waals surface area contributed by atoms with E-state index in [4.69, 9.17) is 5.73 Å². The Balaban J connectivity index is 1.28. The zero-order chi connectivity index (χ0) is 37.7. The van der Waals surface area contributed by atoms with E-state index in [-0.39, 0.29) is 34.8 Å². The van der Waals surface area contributed by atoms with Gasteiger partial charge in [-0.1, -0.05) is 64.7 Å². The number of primary amides is 1. The molecule has 0 radical (unpaired) electrons. The summed E-state index contributed by atoms with van der Waals surface area (Å²) in [6.07, 6.45) is 16.1. The van der Waals surface area contributed by atoms with Gasteiger partial charge < -0.3 is 26.6 Å². The monoisotopic (exact) mass is 743 g/mol. The van der Waals surface area contributed by atoms with Gasteiger partial charge in [-0.25, -0.2) is 4.79 Å². The third kappa shape index (κ3) is 7.79. The Hall–Kier alpha value is -2.63. The van der Waals surface area contributed by atoms with Crippen molar-refractivity contribution in [1.29, 1.82) is 0 Å². The maximum Gasteiger partial charge on any atom is 0.315 e. The number of nitrogens with zero attached hydrogens (tertiary/aromatic N) is 1. The number of nitrogens with one attached hydrogen (secondary N) is 3. The number of amides is 5. The van der Waals surface area contributed by atoms with Crippen LogP contribution in [-0.4, -0.2) is 85.2 Å². The van der Waals surface area contributed by atoms with Crippen molar-refractivity contribution in [3.8, 4) is 0 Å². The van der Waals surface area contributed by atoms with Crippen LogP contribution in [0.2, 0.25) is 0 Å². The molecular formula is C40H65N5O6S. The maximum atomic E-state index is 15.2.